The minimum atomic E-state index is -0.516. The molecule has 0 amide bonds. The minimum Gasteiger partial charge on any atom is -0.466 e. The third-order valence-electron chi connectivity index (χ3n) is 3.11. The molecule has 1 saturated heterocycles. The summed E-state index contributed by atoms with van der Waals surface area (Å²) in [5.41, 5.74) is 1.02. The maximum absolute atomic E-state index is 11.2. The van der Waals surface area contributed by atoms with Crippen LogP contribution in [0.3, 0.4) is 0 Å². The Hall–Kier alpha value is -0.940. The lowest BCUT2D eigenvalue weighted by molar-refractivity contribution is -0.143. The zero-order valence-electron chi connectivity index (χ0n) is 11.3. The van der Waals surface area contributed by atoms with Gasteiger partial charge in [0.15, 0.2) is 5.79 Å². The Balaban J connectivity index is 1.76. The fourth-order valence-electron chi connectivity index (χ4n) is 2.42. The van der Waals surface area contributed by atoms with E-state index in [0.29, 0.717) is 19.6 Å². The molecule has 18 heavy (non-hydrogen) atoms. The molecular weight excluding hydrogens is 234 g/mol. The minimum absolute atomic E-state index is 0.0257. The first-order valence-corrected chi connectivity index (χ1v) is 6.56. The van der Waals surface area contributed by atoms with Gasteiger partial charge in [-0.05, 0) is 33.6 Å². The van der Waals surface area contributed by atoms with E-state index in [0.717, 1.165) is 18.6 Å². The van der Waals surface area contributed by atoms with Crippen LogP contribution in [-0.2, 0) is 19.0 Å². The van der Waals surface area contributed by atoms with E-state index >= 15 is 0 Å². The molecule has 0 aromatic heterocycles. The number of carbonyl (C=O) groups excluding carboxylic acids is 1. The van der Waals surface area contributed by atoms with Gasteiger partial charge < -0.3 is 14.2 Å². The maximum atomic E-state index is 11.2. The lowest BCUT2D eigenvalue weighted by Crippen LogP contribution is -2.27. The van der Waals surface area contributed by atoms with E-state index in [-0.39, 0.29) is 18.2 Å². The Morgan fingerprint density at radius 2 is 2.28 bits per heavy atom. The molecule has 0 bridgehead atoms. The highest BCUT2D eigenvalue weighted by atomic mass is 16.8. The molecule has 0 aliphatic carbocycles. The van der Waals surface area contributed by atoms with Crippen molar-refractivity contribution < 1.29 is 19.0 Å². The van der Waals surface area contributed by atoms with Crippen molar-refractivity contribution in [3.8, 4) is 0 Å². The number of hydrogen-bond acceptors (Lipinski definition) is 5. The van der Waals surface area contributed by atoms with Crippen LogP contribution in [0.4, 0.5) is 0 Å². The third kappa shape index (κ3) is 3.09. The number of ether oxygens (including phenoxy) is 3. The molecule has 2 atom stereocenters. The molecule has 5 heteroatoms. The van der Waals surface area contributed by atoms with E-state index in [4.69, 9.17) is 14.2 Å². The highest BCUT2D eigenvalue weighted by molar-refractivity contribution is 5.91. The van der Waals surface area contributed by atoms with Crippen LogP contribution >= 0.6 is 0 Å². The van der Waals surface area contributed by atoms with Crippen molar-refractivity contribution in [1.29, 1.82) is 0 Å². The fourth-order valence-corrected chi connectivity index (χ4v) is 2.42. The zero-order chi connectivity index (χ0) is 13.2. The highest BCUT2D eigenvalue weighted by Crippen LogP contribution is 2.33. The average Bonchev–Trinajstić information content (AvgIpc) is 2.75. The molecule has 1 fully saturated rings. The first kappa shape index (κ1) is 13.5. The quantitative estimate of drug-likeness (QED) is 0.701. The van der Waals surface area contributed by atoms with Crippen LogP contribution in [0.1, 0.15) is 40.0 Å². The second-order valence-corrected chi connectivity index (χ2v) is 5.09. The average molecular weight is 255 g/mol. The maximum Gasteiger partial charge on any atom is 0.305 e. The predicted octanol–water partition coefficient (Wildman–Crippen LogP) is 1.69. The van der Waals surface area contributed by atoms with Gasteiger partial charge in [0.05, 0.1) is 13.2 Å². The van der Waals surface area contributed by atoms with Gasteiger partial charge in [-0.15, -0.1) is 0 Å². The molecule has 102 valence electrons. The lowest BCUT2D eigenvalue weighted by atomic mass is 10.1. The first-order chi connectivity index (χ1) is 8.52. The molecule has 2 rings (SSSR count). The summed E-state index contributed by atoms with van der Waals surface area (Å²) in [4.78, 5) is 15.7. The smallest absolute Gasteiger partial charge is 0.305 e. The fraction of sp³-hybridized carbons (Fsp3) is 0.846. The Morgan fingerprint density at radius 1 is 1.50 bits per heavy atom. The monoisotopic (exact) mass is 255 g/mol. The molecule has 0 N–H and O–H groups in total. The van der Waals surface area contributed by atoms with E-state index in [1.54, 1.807) is 0 Å². The molecule has 2 heterocycles. The Morgan fingerprint density at radius 3 is 3.00 bits per heavy atom. The van der Waals surface area contributed by atoms with E-state index in [9.17, 15) is 4.79 Å². The van der Waals surface area contributed by atoms with Crippen molar-refractivity contribution in [1.82, 2.24) is 0 Å². The Labute approximate surface area is 108 Å². The molecule has 0 radical (unpaired) electrons. The van der Waals surface area contributed by atoms with Gasteiger partial charge in [-0.1, -0.05) is 0 Å². The van der Waals surface area contributed by atoms with E-state index < -0.39 is 5.79 Å². The molecular formula is C13H21NO4. The van der Waals surface area contributed by atoms with Gasteiger partial charge in [-0.2, -0.15) is 0 Å². The molecule has 5 nitrogen and oxygen atoms in total. The van der Waals surface area contributed by atoms with Gasteiger partial charge in [0, 0.05) is 12.1 Å². The molecule has 0 aromatic carbocycles. The Bertz CT molecular complexity index is 351. The molecule has 2 aliphatic heterocycles. The van der Waals surface area contributed by atoms with Crippen LogP contribution in [0.25, 0.3) is 0 Å². The van der Waals surface area contributed by atoms with Crippen LogP contribution in [0.2, 0.25) is 0 Å². The van der Waals surface area contributed by atoms with Gasteiger partial charge >= 0.3 is 5.97 Å². The molecule has 0 spiro atoms. The van der Waals surface area contributed by atoms with Crippen molar-refractivity contribution in [2.45, 2.75) is 58.0 Å². The number of hydrogen-bond donors (Lipinski definition) is 0. The highest BCUT2D eigenvalue weighted by Gasteiger charge is 2.46. The number of aliphatic imine (C=N–C) groups is 1. The number of esters is 1. The predicted molar refractivity (Wildman–Crippen MR) is 66.6 cm³/mol. The third-order valence-corrected chi connectivity index (χ3v) is 3.11. The number of carbonyl (C=O) groups is 1. The molecule has 0 saturated carbocycles. The summed E-state index contributed by atoms with van der Waals surface area (Å²) in [5.74, 6) is -0.658. The first-order valence-electron chi connectivity index (χ1n) is 6.56. The van der Waals surface area contributed by atoms with Crippen molar-refractivity contribution in [3.63, 3.8) is 0 Å². The van der Waals surface area contributed by atoms with Gasteiger partial charge in [0.25, 0.3) is 0 Å². The topological polar surface area (TPSA) is 57.1 Å². The van der Waals surface area contributed by atoms with Crippen molar-refractivity contribution in [3.05, 3.63) is 0 Å². The van der Waals surface area contributed by atoms with Gasteiger partial charge in [0.1, 0.15) is 12.2 Å². The normalized spacial score (nSPS) is 28.9. The van der Waals surface area contributed by atoms with Crippen LogP contribution < -0.4 is 0 Å². The largest absolute Gasteiger partial charge is 0.466 e. The van der Waals surface area contributed by atoms with Crippen LogP contribution in [-0.4, -0.2) is 42.8 Å². The van der Waals surface area contributed by atoms with Crippen LogP contribution in [0.5, 0.6) is 0 Å². The van der Waals surface area contributed by atoms with Crippen molar-refractivity contribution in [2.24, 2.45) is 4.99 Å². The Kier molecular flexibility index (Phi) is 4.02. The summed E-state index contributed by atoms with van der Waals surface area (Å²) in [6.07, 6.45) is 2.00. The summed E-state index contributed by atoms with van der Waals surface area (Å²) in [7, 11) is 0. The second kappa shape index (κ2) is 5.36. The summed E-state index contributed by atoms with van der Waals surface area (Å²) >= 11 is 0. The van der Waals surface area contributed by atoms with Gasteiger partial charge in [-0.3, -0.25) is 9.79 Å². The van der Waals surface area contributed by atoms with Gasteiger partial charge in [0.2, 0.25) is 0 Å². The summed E-state index contributed by atoms with van der Waals surface area (Å²) < 4.78 is 16.5. The van der Waals surface area contributed by atoms with E-state index in [2.05, 4.69) is 4.99 Å². The SMILES string of the molecule is CCOC(=O)CCCC1=NC[C@H]2OC(C)(C)O[C@@H]12. The van der Waals surface area contributed by atoms with Crippen LogP contribution in [0.15, 0.2) is 4.99 Å². The molecule has 0 unspecified atom stereocenters. The number of fused-ring (bicyclic) bond motifs is 1. The molecule has 0 aromatic rings. The van der Waals surface area contributed by atoms with E-state index in [1.165, 1.54) is 0 Å². The van der Waals surface area contributed by atoms with Crippen molar-refractivity contribution >= 4 is 11.7 Å². The number of rotatable bonds is 5. The number of nitrogens with zero attached hydrogens (tertiary/aromatic N) is 1. The lowest BCUT2D eigenvalue weighted by Gasteiger charge is -2.18. The van der Waals surface area contributed by atoms with Gasteiger partial charge in [-0.25, -0.2) is 0 Å². The summed E-state index contributed by atoms with van der Waals surface area (Å²) in [5, 5.41) is 0. The molecule has 2 aliphatic rings. The summed E-state index contributed by atoms with van der Waals surface area (Å²) in [6, 6.07) is 0. The van der Waals surface area contributed by atoms with Crippen LogP contribution in [0, 0.1) is 0 Å². The summed E-state index contributed by atoms with van der Waals surface area (Å²) in [6.45, 7) is 6.76. The standard InChI is InChI=1S/C13H21NO4/c1-4-16-11(15)7-5-6-9-12-10(8-14-9)17-13(2,3)18-12/h10,12H,4-8H2,1-3H3/t10-,12+/m1/s1. The zero-order valence-corrected chi connectivity index (χ0v) is 11.3. The van der Waals surface area contributed by atoms with Crippen molar-refractivity contribution in [2.75, 3.05) is 13.2 Å². The second-order valence-electron chi connectivity index (χ2n) is 5.09. The van der Waals surface area contributed by atoms with E-state index in [1.807, 2.05) is 20.8 Å².